The van der Waals surface area contributed by atoms with Gasteiger partial charge < -0.3 is 19.4 Å². The Labute approximate surface area is 200 Å². The fraction of sp³-hybridized carbons (Fsp3) is 0.400. The number of hydrogen-bond acceptors (Lipinski definition) is 7. The highest BCUT2D eigenvalue weighted by molar-refractivity contribution is 6.62. The smallest absolute Gasteiger partial charge is 0.444 e. The van der Waals surface area contributed by atoms with Crippen LogP contribution in [0.3, 0.4) is 0 Å². The molecule has 0 radical (unpaired) electrons. The number of anilines is 3. The zero-order valence-electron chi connectivity index (χ0n) is 20.7. The third-order valence-electron chi connectivity index (χ3n) is 5.89. The third kappa shape index (κ3) is 5.31. The van der Waals surface area contributed by atoms with Crippen LogP contribution in [-0.4, -0.2) is 40.0 Å². The lowest BCUT2D eigenvalue weighted by molar-refractivity contribution is 0.00578. The first kappa shape index (κ1) is 24.0. The number of fused-ring (bicyclic) bond motifs is 1. The fourth-order valence-electron chi connectivity index (χ4n) is 3.46. The van der Waals surface area contributed by atoms with Crippen LogP contribution in [0, 0.1) is 0 Å². The normalized spacial score (nSPS) is 17.0. The van der Waals surface area contributed by atoms with Crippen LogP contribution in [-0.2, 0) is 14.0 Å². The Balaban J connectivity index is 1.48. The first-order valence-electron chi connectivity index (χ1n) is 11.3. The second-order valence-corrected chi connectivity index (χ2v) is 10.4. The molecule has 4 rings (SSSR count). The standard InChI is InChI=1S/C25H31BN4O4/c1-23(2,3)32-22(31)29-19-10-8-9-18(14-19)28-21-27-15-16-13-17(11-12-20(16)30-21)26-33-24(4,5)25(6,7)34-26/h8-15H,1-7H3,(H,29,31)(H,27,28,30). The second kappa shape index (κ2) is 8.56. The highest BCUT2D eigenvalue weighted by atomic mass is 16.7. The van der Waals surface area contributed by atoms with Crippen molar-refractivity contribution in [1.29, 1.82) is 0 Å². The topological polar surface area (TPSA) is 94.6 Å². The maximum atomic E-state index is 12.0. The molecule has 0 bridgehead atoms. The van der Waals surface area contributed by atoms with Crippen molar-refractivity contribution in [1.82, 2.24) is 9.97 Å². The van der Waals surface area contributed by atoms with Crippen LogP contribution in [0.4, 0.5) is 22.1 Å². The van der Waals surface area contributed by atoms with Gasteiger partial charge in [-0.15, -0.1) is 0 Å². The van der Waals surface area contributed by atoms with Crippen molar-refractivity contribution in [2.45, 2.75) is 65.3 Å². The molecule has 3 aromatic rings. The Hall–Kier alpha value is -3.17. The minimum absolute atomic E-state index is 0.399. The van der Waals surface area contributed by atoms with Crippen molar-refractivity contribution in [3.63, 3.8) is 0 Å². The van der Waals surface area contributed by atoms with Crippen LogP contribution >= 0.6 is 0 Å². The number of amides is 1. The van der Waals surface area contributed by atoms with E-state index in [2.05, 4.69) is 20.6 Å². The summed E-state index contributed by atoms with van der Waals surface area (Å²) in [6.45, 7) is 13.6. The van der Waals surface area contributed by atoms with Gasteiger partial charge in [-0.25, -0.2) is 14.8 Å². The largest absolute Gasteiger partial charge is 0.494 e. The minimum Gasteiger partial charge on any atom is -0.444 e. The third-order valence-corrected chi connectivity index (χ3v) is 5.89. The first-order valence-corrected chi connectivity index (χ1v) is 11.3. The average Bonchev–Trinajstić information content (AvgIpc) is 2.93. The molecule has 1 saturated heterocycles. The van der Waals surface area contributed by atoms with Crippen molar-refractivity contribution in [2.24, 2.45) is 0 Å². The van der Waals surface area contributed by atoms with Crippen LogP contribution in [0.1, 0.15) is 48.5 Å². The Morgan fingerprint density at radius 1 is 1.00 bits per heavy atom. The predicted molar refractivity (Wildman–Crippen MR) is 135 cm³/mol. The second-order valence-electron chi connectivity index (χ2n) is 10.4. The maximum Gasteiger partial charge on any atom is 0.494 e. The molecule has 1 amide bonds. The number of ether oxygens (including phenoxy) is 1. The molecule has 2 aromatic carbocycles. The SMILES string of the molecule is CC(C)(C)OC(=O)Nc1cccc(Nc2ncc3cc(B4OC(C)(C)C(C)(C)O4)ccc3n2)c1. The molecule has 2 N–H and O–H groups in total. The van der Waals surface area contributed by atoms with E-state index >= 15 is 0 Å². The van der Waals surface area contributed by atoms with Gasteiger partial charge in [0.1, 0.15) is 5.60 Å². The summed E-state index contributed by atoms with van der Waals surface area (Å²) in [7, 11) is -0.438. The molecule has 0 unspecified atom stereocenters. The van der Waals surface area contributed by atoms with Gasteiger partial charge in [0.25, 0.3) is 0 Å². The van der Waals surface area contributed by atoms with Crippen molar-refractivity contribution in [3.05, 3.63) is 48.7 Å². The Morgan fingerprint density at radius 2 is 1.68 bits per heavy atom. The van der Waals surface area contributed by atoms with Gasteiger partial charge in [-0.05, 0) is 78.2 Å². The summed E-state index contributed by atoms with van der Waals surface area (Å²) in [6, 6.07) is 13.2. The number of hydrogen-bond donors (Lipinski definition) is 2. The summed E-state index contributed by atoms with van der Waals surface area (Å²) >= 11 is 0. The molecule has 34 heavy (non-hydrogen) atoms. The molecule has 9 heteroatoms. The number of carbonyl (C=O) groups excluding carboxylic acids is 1. The molecule has 1 fully saturated rings. The number of rotatable bonds is 4. The van der Waals surface area contributed by atoms with Crippen LogP contribution < -0.4 is 16.1 Å². The van der Waals surface area contributed by atoms with E-state index in [1.54, 1.807) is 18.3 Å². The van der Waals surface area contributed by atoms with E-state index in [0.29, 0.717) is 11.6 Å². The van der Waals surface area contributed by atoms with Crippen molar-refractivity contribution < 1.29 is 18.8 Å². The van der Waals surface area contributed by atoms with Gasteiger partial charge in [-0.3, -0.25) is 5.32 Å². The molecule has 0 atom stereocenters. The number of aromatic nitrogens is 2. The van der Waals surface area contributed by atoms with Crippen LogP contribution in [0.15, 0.2) is 48.7 Å². The van der Waals surface area contributed by atoms with E-state index in [9.17, 15) is 4.79 Å². The summed E-state index contributed by atoms with van der Waals surface area (Å²) in [5, 5.41) is 6.81. The lowest BCUT2D eigenvalue weighted by Gasteiger charge is -2.32. The van der Waals surface area contributed by atoms with Gasteiger partial charge in [-0.1, -0.05) is 18.2 Å². The fourth-order valence-corrected chi connectivity index (χ4v) is 3.46. The van der Waals surface area contributed by atoms with Crippen LogP contribution in [0.5, 0.6) is 0 Å². The van der Waals surface area contributed by atoms with Crippen LogP contribution in [0.25, 0.3) is 10.9 Å². The maximum absolute atomic E-state index is 12.0. The monoisotopic (exact) mass is 462 g/mol. The molecule has 0 spiro atoms. The number of carbonyl (C=O) groups is 1. The van der Waals surface area contributed by atoms with Gasteiger partial charge in [0.15, 0.2) is 0 Å². The molecule has 1 aliphatic heterocycles. The Morgan fingerprint density at radius 3 is 2.35 bits per heavy atom. The first-order chi connectivity index (χ1) is 15.8. The van der Waals surface area contributed by atoms with Crippen molar-refractivity contribution in [3.8, 4) is 0 Å². The van der Waals surface area contributed by atoms with E-state index in [0.717, 1.165) is 22.1 Å². The van der Waals surface area contributed by atoms with Crippen LogP contribution in [0.2, 0.25) is 0 Å². The lowest BCUT2D eigenvalue weighted by Crippen LogP contribution is -2.41. The molecule has 0 saturated carbocycles. The molecule has 1 aromatic heterocycles. The predicted octanol–water partition coefficient (Wildman–Crippen LogP) is 5.02. The molecule has 178 valence electrons. The molecule has 8 nitrogen and oxygen atoms in total. The number of nitrogens with one attached hydrogen (secondary N) is 2. The van der Waals surface area contributed by atoms with Gasteiger partial charge in [-0.2, -0.15) is 0 Å². The Bertz CT molecular complexity index is 1210. The average molecular weight is 462 g/mol. The quantitative estimate of drug-likeness (QED) is 0.526. The summed E-state index contributed by atoms with van der Waals surface area (Å²) in [5.74, 6) is 0.449. The summed E-state index contributed by atoms with van der Waals surface area (Å²) in [4.78, 5) is 21.1. The molecule has 1 aliphatic rings. The summed E-state index contributed by atoms with van der Waals surface area (Å²) in [5.41, 5.74) is 1.69. The zero-order valence-corrected chi connectivity index (χ0v) is 20.7. The molecule has 0 aliphatic carbocycles. The van der Waals surface area contributed by atoms with E-state index in [4.69, 9.17) is 14.0 Å². The van der Waals surface area contributed by atoms with Gasteiger partial charge in [0, 0.05) is 23.0 Å². The highest BCUT2D eigenvalue weighted by Gasteiger charge is 2.51. The molecule has 2 heterocycles. The van der Waals surface area contributed by atoms with E-state index < -0.39 is 30.0 Å². The van der Waals surface area contributed by atoms with E-state index in [-0.39, 0.29) is 0 Å². The summed E-state index contributed by atoms with van der Waals surface area (Å²) < 4.78 is 17.6. The molecular weight excluding hydrogens is 431 g/mol. The van der Waals surface area contributed by atoms with Gasteiger partial charge in [0.05, 0.1) is 16.7 Å². The van der Waals surface area contributed by atoms with Gasteiger partial charge >= 0.3 is 13.2 Å². The zero-order chi connectivity index (χ0) is 24.7. The van der Waals surface area contributed by atoms with Crippen molar-refractivity contribution in [2.75, 3.05) is 10.6 Å². The lowest BCUT2D eigenvalue weighted by atomic mass is 9.78. The summed E-state index contributed by atoms with van der Waals surface area (Å²) in [6.07, 6.45) is 1.26. The minimum atomic E-state index is -0.568. The molecular formula is C25H31BN4O4. The number of nitrogens with zero attached hydrogens (tertiary/aromatic N) is 2. The number of benzene rings is 2. The van der Waals surface area contributed by atoms with Gasteiger partial charge in [0.2, 0.25) is 5.95 Å². The van der Waals surface area contributed by atoms with Crippen molar-refractivity contribution >= 4 is 46.9 Å². The van der Waals surface area contributed by atoms with E-state index in [1.807, 2.05) is 78.8 Å². The highest BCUT2D eigenvalue weighted by Crippen LogP contribution is 2.36. The van der Waals surface area contributed by atoms with E-state index in [1.165, 1.54) is 0 Å². The Kier molecular flexibility index (Phi) is 6.04.